The van der Waals surface area contributed by atoms with Gasteiger partial charge in [0.05, 0.1) is 0 Å². The predicted octanol–water partition coefficient (Wildman–Crippen LogP) is 1.25. The van der Waals surface area contributed by atoms with Crippen molar-refractivity contribution in [3.05, 3.63) is 0 Å². The highest BCUT2D eigenvalue weighted by Crippen LogP contribution is 2.27. The van der Waals surface area contributed by atoms with Gasteiger partial charge >= 0.3 is 6.18 Å². The van der Waals surface area contributed by atoms with Gasteiger partial charge < -0.3 is 5.32 Å². The number of hydrogen-bond acceptors (Lipinski definition) is 1. The number of nitrogens with one attached hydrogen (secondary N) is 1. The molecule has 60 valence electrons. The molecule has 0 amide bonds. The zero-order valence-electron chi connectivity index (χ0n) is 5.08. The average Bonchev–Trinajstić information content (AvgIpc) is 2.11. The summed E-state index contributed by atoms with van der Waals surface area (Å²) in [6, 6.07) is -1.64. The molecule has 1 aliphatic rings. The van der Waals surface area contributed by atoms with Crippen molar-refractivity contribution in [1.29, 1.82) is 0 Å². The maximum atomic E-state index is 12.1. The van der Waals surface area contributed by atoms with Crippen LogP contribution in [-0.2, 0) is 0 Å². The van der Waals surface area contributed by atoms with Gasteiger partial charge in [-0.2, -0.15) is 13.2 Å². The second kappa shape index (κ2) is 2.38. The van der Waals surface area contributed by atoms with Gasteiger partial charge in [0.15, 0.2) is 0 Å². The zero-order chi connectivity index (χ0) is 7.78. The summed E-state index contributed by atoms with van der Waals surface area (Å²) >= 11 is 0. The van der Waals surface area contributed by atoms with E-state index in [1.54, 1.807) is 0 Å². The first-order chi connectivity index (χ1) is 4.50. The van der Waals surface area contributed by atoms with Crippen LogP contribution in [0.1, 0.15) is 6.42 Å². The van der Waals surface area contributed by atoms with E-state index in [1.807, 2.05) is 5.32 Å². The molecule has 0 spiro atoms. The highest BCUT2D eigenvalue weighted by atomic mass is 19.4. The fourth-order valence-electron chi connectivity index (χ4n) is 0.942. The summed E-state index contributed by atoms with van der Waals surface area (Å²) in [5, 5.41) is 2.05. The molecule has 0 aromatic heterocycles. The molecule has 1 heterocycles. The fourth-order valence-corrected chi connectivity index (χ4v) is 0.942. The number of hydrogen-bond donors (Lipinski definition) is 1. The Labute approximate surface area is 55.4 Å². The van der Waals surface area contributed by atoms with Crippen molar-refractivity contribution in [3.8, 4) is 0 Å². The van der Waals surface area contributed by atoms with Crippen molar-refractivity contribution < 1.29 is 17.6 Å². The highest BCUT2D eigenvalue weighted by Gasteiger charge is 2.44. The molecule has 0 aromatic rings. The van der Waals surface area contributed by atoms with Crippen LogP contribution < -0.4 is 5.32 Å². The molecule has 10 heavy (non-hydrogen) atoms. The molecule has 1 saturated heterocycles. The van der Waals surface area contributed by atoms with Gasteiger partial charge in [-0.05, 0) is 0 Å². The standard InChI is InChI=1S/C5H7F4N/c6-3-1-4(10-2-3)5(7,8)9/h3-4,10H,1-2H2/t3-,4+/m0/s1. The Kier molecular flexibility index (Phi) is 1.85. The van der Waals surface area contributed by atoms with Crippen LogP contribution in [0.25, 0.3) is 0 Å². The Bertz CT molecular complexity index is 121. The lowest BCUT2D eigenvalue weighted by Crippen LogP contribution is -2.36. The van der Waals surface area contributed by atoms with Crippen molar-refractivity contribution in [2.45, 2.75) is 24.8 Å². The Morgan fingerprint density at radius 1 is 1.30 bits per heavy atom. The fraction of sp³-hybridized carbons (Fsp3) is 1.00. The second-order valence-electron chi connectivity index (χ2n) is 2.34. The summed E-state index contributed by atoms with van der Waals surface area (Å²) in [5.74, 6) is 0. The van der Waals surface area contributed by atoms with Gasteiger partial charge in [-0.3, -0.25) is 0 Å². The number of alkyl halides is 4. The smallest absolute Gasteiger partial charge is 0.303 e. The van der Waals surface area contributed by atoms with E-state index in [0.29, 0.717) is 0 Å². The Hall–Kier alpha value is -0.320. The largest absolute Gasteiger partial charge is 0.403 e. The molecule has 0 aromatic carbocycles. The van der Waals surface area contributed by atoms with Crippen LogP contribution in [0.5, 0.6) is 0 Å². The normalized spacial score (nSPS) is 34.8. The maximum absolute atomic E-state index is 12.1. The molecular formula is C5H7F4N. The Morgan fingerprint density at radius 3 is 2.10 bits per heavy atom. The minimum absolute atomic E-state index is 0.176. The lowest BCUT2D eigenvalue weighted by molar-refractivity contribution is -0.152. The summed E-state index contributed by atoms with van der Waals surface area (Å²) in [6.45, 7) is -0.176. The molecule has 1 fully saturated rings. The van der Waals surface area contributed by atoms with Crippen molar-refractivity contribution in [1.82, 2.24) is 5.32 Å². The van der Waals surface area contributed by atoms with E-state index in [2.05, 4.69) is 0 Å². The van der Waals surface area contributed by atoms with Crippen LogP contribution in [0, 0.1) is 0 Å². The minimum atomic E-state index is -4.29. The van der Waals surface area contributed by atoms with E-state index in [4.69, 9.17) is 0 Å². The van der Waals surface area contributed by atoms with E-state index in [-0.39, 0.29) is 6.54 Å². The first-order valence-electron chi connectivity index (χ1n) is 2.94. The molecule has 1 nitrogen and oxygen atoms in total. The van der Waals surface area contributed by atoms with Crippen molar-refractivity contribution in [2.75, 3.05) is 6.54 Å². The van der Waals surface area contributed by atoms with E-state index in [9.17, 15) is 17.6 Å². The molecular weight excluding hydrogens is 150 g/mol. The first kappa shape index (κ1) is 7.78. The van der Waals surface area contributed by atoms with E-state index < -0.39 is 24.8 Å². The molecule has 0 saturated carbocycles. The van der Waals surface area contributed by atoms with Crippen LogP contribution in [0.3, 0.4) is 0 Å². The van der Waals surface area contributed by atoms with Crippen molar-refractivity contribution in [3.63, 3.8) is 0 Å². The van der Waals surface area contributed by atoms with Crippen LogP contribution in [0.4, 0.5) is 17.6 Å². The SMILES string of the molecule is F[C@@H]1CN[C@@H](C(F)(F)F)C1. The van der Waals surface area contributed by atoms with Gasteiger partial charge in [0.1, 0.15) is 12.2 Å². The monoisotopic (exact) mass is 157 g/mol. The summed E-state index contributed by atoms with van der Waals surface area (Å²) in [4.78, 5) is 0. The van der Waals surface area contributed by atoms with Crippen LogP contribution >= 0.6 is 0 Å². The molecule has 0 aliphatic carbocycles. The topological polar surface area (TPSA) is 12.0 Å². The third-order valence-electron chi connectivity index (χ3n) is 1.47. The molecule has 0 radical (unpaired) electrons. The van der Waals surface area contributed by atoms with Crippen LogP contribution in [0.2, 0.25) is 0 Å². The molecule has 1 rings (SSSR count). The minimum Gasteiger partial charge on any atom is -0.303 e. The molecule has 2 atom stereocenters. The van der Waals surface area contributed by atoms with Gasteiger partial charge in [0.2, 0.25) is 0 Å². The third-order valence-corrected chi connectivity index (χ3v) is 1.47. The van der Waals surface area contributed by atoms with Gasteiger partial charge in [0.25, 0.3) is 0 Å². The quantitative estimate of drug-likeness (QED) is 0.522. The average molecular weight is 157 g/mol. The maximum Gasteiger partial charge on any atom is 0.403 e. The highest BCUT2D eigenvalue weighted by molar-refractivity contribution is 4.86. The second-order valence-corrected chi connectivity index (χ2v) is 2.34. The molecule has 1 N–H and O–H groups in total. The van der Waals surface area contributed by atoms with Gasteiger partial charge in [0, 0.05) is 13.0 Å². The summed E-state index contributed by atoms with van der Waals surface area (Å²) in [6.07, 6.45) is -6.07. The van der Waals surface area contributed by atoms with Crippen LogP contribution in [-0.4, -0.2) is 24.9 Å². The summed E-state index contributed by atoms with van der Waals surface area (Å²) in [7, 11) is 0. The van der Waals surface area contributed by atoms with Gasteiger partial charge in [-0.1, -0.05) is 0 Å². The molecule has 5 heteroatoms. The molecule has 1 aliphatic heterocycles. The lowest BCUT2D eigenvalue weighted by atomic mass is 10.2. The Morgan fingerprint density at radius 2 is 1.90 bits per heavy atom. The Balaban J connectivity index is 2.45. The van der Waals surface area contributed by atoms with E-state index >= 15 is 0 Å². The van der Waals surface area contributed by atoms with E-state index in [0.717, 1.165) is 0 Å². The summed E-state index contributed by atoms with van der Waals surface area (Å²) in [5.41, 5.74) is 0. The predicted molar refractivity (Wildman–Crippen MR) is 27.4 cm³/mol. The third kappa shape index (κ3) is 1.59. The van der Waals surface area contributed by atoms with Crippen molar-refractivity contribution >= 4 is 0 Å². The van der Waals surface area contributed by atoms with Crippen molar-refractivity contribution in [2.24, 2.45) is 0 Å². The van der Waals surface area contributed by atoms with E-state index in [1.165, 1.54) is 0 Å². The zero-order valence-corrected chi connectivity index (χ0v) is 5.08. The van der Waals surface area contributed by atoms with Crippen LogP contribution in [0.15, 0.2) is 0 Å². The molecule has 0 unspecified atom stereocenters. The number of halogens is 4. The van der Waals surface area contributed by atoms with Gasteiger partial charge in [-0.15, -0.1) is 0 Å². The summed E-state index contributed by atoms with van der Waals surface area (Å²) < 4.78 is 47.3. The molecule has 0 bridgehead atoms. The number of rotatable bonds is 0. The van der Waals surface area contributed by atoms with Gasteiger partial charge in [-0.25, -0.2) is 4.39 Å². The lowest BCUT2D eigenvalue weighted by Gasteiger charge is -2.13. The first-order valence-corrected chi connectivity index (χ1v) is 2.94.